The van der Waals surface area contributed by atoms with Gasteiger partial charge in [0.2, 0.25) is 0 Å². The number of nitrogens with one attached hydrogen (secondary N) is 2. The van der Waals surface area contributed by atoms with Gasteiger partial charge in [-0.05, 0) is 42.0 Å². The van der Waals surface area contributed by atoms with Gasteiger partial charge in [0.15, 0.2) is 0 Å². The van der Waals surface area contributed by atoms with Crippen molar-refractivity contribution in [2.75, 3.05) is 5.32 Å². The van der Waals surface area contributed by atoms with E-state index in [0.29, 0.717) is 17.7 Å². The topological polar surface area (TPSA) is 58.2 Å². The summed E-state index contributed by atoms with van der Waals surface area (Å²) in [7, 11) is 0. The molecule has 0 unspecified atom stereocenters. The van der Waals surface area contributed by atoms with Crippen molar-refractivity contribution in [1.82, 2.24) is 5.32 Å². The fourth-order valence-corrected chi connectivity index (χ4v) is 2.38. The monoisotopic (exact) mass is 330 g/mol. The molecule has 0 fully saturated rings. The van der Waals surface area contributed by atoms with E-state index in [2.05, 4.69) is 10.6 Å². The molecule has 0 atom stereocenters. The molecule has 0 aliphatic carbocycles. The number of amides is 2. The van der Waals surface area contributed by atoms with Crippen LogP contribution < -0.4 is 10.6 Å². The first kappa shape index (κ1) is 16.5. The lowest BCUT2D eigenvalue weighted by molar-refractivity contribution is 0.0949. The second kappa shape index (κ2) is 7.93. The van der Waals surface area contributed by atoms with E-state index in [1.54, 1.807) is 24.3 Å². The molecular formula is C21H18N2O2. The molecule has 124 valence electrons. The van der Waals surface area contributed by atoms with Crippen LogP contribution in [0.1, 0.15) is 26.3 Å². The molecule has 0 bridgehead atoms. The van der Waals surface area contributed by atoms with Gasteiger partial charge in [-0.2, -0.15) is 0 Å². The summed E-state index contributed by atoms with van der Waals surface area (Å²) in [6, 6.07) is 25.6. The average Bonchev–Trinajstić information content (AvgIpc) is 2.68. The second-order valence-electron chi connectivity index (χ2n) is 5.57. The van der Waals surface area contributed by atoms with Gasteiger partial charge in [0.1, 0.15) is 0 Å². The van der Waals surface area contributed by atoms with Crippen LogP contribution in [0.2, 0.25) is 0 Å². The van der Waals surface area contributed by atoms with Gasteiger partial charge in [0, 0.05) is 23.4 Å². The number of rotatable bonds is 5. The van der Waals surface area contributed by atoms with Crippen LogP contribution in [-0.2, 0) is 6.54 Å². The van der Waals surface area contributed by atoms with Crippen LogP contribution in [0.4, 0.5) is 5.69 Å². The predicted octanol–water partition coefficient (Wildman–Crippen LogP) is 3.87. The van der Waals surface area contributed by atoms with Gasteiger partial charge >= 0.3 is 0 Å². The maximum Gasteiger partial charge on any atom is 0.255 e. The van der Waals surface area contributed by atoms with Gasteiger partial charge in [0.05, 0.1) is 0 Å². The Hall–Kier alpha value is -3.40. The highest BCUT2D eigenvalue weighted by molar-refractivity contribution is 6.05. The number of carbonyl (C=O) groups excluding carboxylic acids is 2. The molecular weight excluding hydrogens is 312 g/mol. The van der Waals surface area contributed by atoms with E-state index in [-0.39, 0.29) is 11.8 Å². The summed E-state index contributed by atoms with van der Waals surface area (Å²) < 4.78 is 0. The molecule has 0 heterocycles. The van der Waals surface area contributed by atoms with E-state index in [4.69, 9.17) is 0 Å². The molecule has 0 aromatic heterocycles. The number of para-hydroxylation sites is 1. The van der Waals surface area contributed by atoms with E-state index >= 15 is 0 Å². The SMILES string of the molecule is O=C(NCc1ccccc1)c1ccc(C(=O)Nc2ccccc2)cc1. The molecule has 0 saturated carbocycles. The van der Waals surface area contributed by atoms with Crippen molar-refractivity contribution in [3.05, 3.63) is 102 Å². The summed E-state index contributed by atoms with van der Waals surface area (Å²) in [4.78, 5) is 24.4. The Morgan fingerprint density at radius 3 is 1.76 bits per heavy atom. The molecule has 0 aliphatic rings. The molecule has 2 N–H and O–H groups in total. The molecule has 3 aromatic rings. The lowest BCUT2D eigenvalue weighted by Gasteiger charge is -2.07. The van der Waals surface area contributed by atoms with Crippen LogP contribution in [-0.4, -0.2) is 11.8 Å². The Morgan fingerprint density at radius 2 is 1.16 bits per heavy atom. The number of anilines is 1. The van der Waals surface area contributed by atoms with E-state index in [0.717, 1.165) is 11.3 Å². The molecule has 3 rings (SSSR count). The van der Waals surface area contributed by atoms with Crippen molar-refractivity contribution in [1.29, 1.82) is 0 Å². The molecule has 4 nitrogen and oxygen atoms in total. The number of hydrogen-bond acceptors (Lipinski definition) is 2. The normalized spacial score (nSPS) is 10.1. The van der Waals surface area contributed by atoms with Crippen molar-refractivity contribution in [3.8, 4) is 0 Å². The van der Waals surface area contributed by atoms with Crippen molar-refractivity contribution in [2.24, 2.45) is 0 Å². The highest BCUT2D eigenvalue weighted by atomic mass is 16.2. The zero-order chi connectivity index (χ0) is 17.5. The highest BCUT2D eigenvalue weighted by Gasteiger charge is 2.09. The molecule has 2 amide bonds. The van der Waals surface area contributed by atoms with Crippen molar-refractivity contribution in [3.63, 3.8) is 0 Å². The molecule has 25 heavy (non-hydrogen) atoms. The van der Waals surface area contributed by atoms with E-state index in [1.807, 2.05) is 60.7 Å². The average molecular weight is 330 g/mol. The Labute approximate surface area is 146 Å². The Balaban J connectivity index is 1.59. The van der Waals surface area contributed by atoms with Crippen LogP contribution in [0.25, 0.3) is 0 Å². The van der Waals surface area contributed by atoms with Crippen LogP contribution in [0, 0.1) is 0 Å². The first-order valence-electron chi connectivity index (χ1n) is 8.01. The minimum atomic E-state index is -0.206. The fourth-order valence-electron chi connectivity index (χ4n) is 2.38. The number of benzene rings is 3. The van der Waals surface area contributed by atoms with Gasteiger partial charge in [-0.25, -0.2) is 0 Å². The summed E-state index contributed by atoms with van der Waals surface area (Å²) in [6.07, 6.45) is 0. The van der Waals surface area contributed by atoms with Gasteiger partial charge in [-0.1, -0.05) is 48.5 Å². The van der Waals surface area contributed by atoms with Crippen molar-refractivity contribution in [2.45, 2.75) is 6.54 Å². The van der Waals surface area contributed by atoms with E-state index < -0.39 is 0 Å². The Morgan fingerprint density at radius 1 is 0.640 bits per heavy atom. The molecule has 4 heteroatoms. The standard InChI is InChI=1S/C21H18N2O2/c24-20(22-15-16-7-3-1-4-8-16)17-11-13-18(14-12-17)21(25)23-19-9-5-2-6-10-19/h1-14H,15H2,(H,22,24)(H,23,25). The number of carbonyl (C=O) groups is 2. The van der Waals surface area contributed by atoms with Gasteiger partial charge in [0.25, 0.3) is 11.8 Å². The van der Waals surface area contributed by atoms with Gasteiger partial charge in [-0.15, -0.1) is 0 Å². The first-order valence-corrected chi connectivity index (χ1v) is 8.01. The molecule has 0 aliphatic heterocycles. The van der Waals surface area contributed by atoms with Crippen LogP contribution in [0.3, 0.4) is 0 Å². The quantitative estimate of drug-likeness (QED) is 0.746. The van der Waals surface area contributed by atoms with Gasteiger partial charge < -0.3 is 10.6 Å². The third kappa shape index (κ3) is 4.54. The first-order chi connectivity index (χ1) is 12.2. The molecule has 3 aromatic carbocycles. The van der Waals surface area contributed by atoms with Gasteiger partial charge in [-0.3, -0.25) is 9.59 Å². The summed E-state index contributed by atoms with van der Waals surface area (Å²) in [5, 5.41) is 5.68. The third-order valence-corrected chi connectivity index (χ3v) is 3.74. The predicted molar refractivity (Wildman–Crippen MR) is 98.4 cm³/mol. The second-order valence-corrected chi connectivity index (χ2v) is 5.57. The fraction of sp³-hybridized carbons (Fsp3) is 0.0476. The van der Waals surface area contributed by atoms with E-state index in [1.165, 1.54) is 0 Å². The van der Waals surface area contributed by atoms with Crippen LogP contribution in [0.5, 0.6) is 0 Å². The summed E-state index contributed by atoms with van der Waals surface area (Å²) >= 11 is 0. The number of hydrogen-bond donors (Lipinski definition) is 2. The van der Waals surface area contributed by atoms with Crippen molar-refractivity contribution < 1.29 is 9.59 Å². The largest absolute Gasteiger partial charge is 0.348 e. The zero-order valence-electron chi connectivity index (χ0n) is 13.6. The zero-order valence-corrected chi connectivity index (χ0v) is 13.6. The smallest absolute Gasteiger partial charge is 0.255 e. The Kier molecular flexibility index (Phi) is 5.22. The van der Waals surface area contributed by atoms with Crippen molar-refractivity contribution >= 4 is 17.5 Å². The van der Waals surface area contributed by atoms with Crippen LogP contribution in [0.15, 0.2) is 84.9 Å². The molecule has 0 radical (unpaired) electrons. The highest BCUT2D eigenvalue weighted by Crippen LogP contribution is 2.10. The summed E-state index contributed by atoms with van der Waals surface area (Å²) in [5.41, 5.74) is 2.79. The van der Waals surface area contributed by atoms with E-state index in [9.17, 15) is 9.59 Å². The third-order valence-electron chi connectivity index (χ3n) is 3.74. The molecule has 0 saturated heterocycles. The maximum atomic E-state index is 12.2. The maximum absolute atomic E-state index is 12.2. The minimum Gasteiger partial charge on any atom is -0.348 e. The van der Waals surface area contributed by atoms with Crippen LogP contribution >= 0.6 is 0 Å². The molecule has 0 spiro atoms. The Bertz CT molecular complexity index is 844. The summed E-state index contributed by atoms with van der Waals surface area (Å²) in [5.74, 6) is -0.374. The lowest BCUT2D eigenvalue weighted by Crippen LogP contribution is -2.22. The summed E-state index contributed by atoms with van der Waals surface area (Å²) in [6.45, 7) is 0.468. The lowest BCUT2D eigenvalue weighted by atomic mass is 10.1. The minimum absolute atomic E-state index is 0.168.